The number of nitrogens with two attached hydrogens (primary N) is 1. The summed E-state index contributed by atoms with van der Waals surface area (Å²) in [6.45, 7) is 4.37. The Balaban J connectivity index is 2.30. The molecule has 2 rings (SSSR count). The highest BCUT2D eigenvalue weighted by molar-refractivity contribution is 7.89. The number of fused-ring (bicyclic) bond motifs is 1. The number of nitrogens with one attached hydrogen (secondary N) is 1. The number of aromatic nitrogens is 2. The van der Waals surface area contributed by atoms with Gasteiger partial charge in [-0.25, -0.2) is 14.3 Å². The number of hydrazine groups is 1. The number of thiazole rings is 1. The van der Waals surface area contributed by atoms with Crippen molar-refractivity contribution in [1.82, 2.24) is 13.7 Å². The number of nitrogens with zero attached hydrogens (tertiary/aromatic N) is 3. The van der Waals surface area contributed by atoms with Crippen LogP contribution in [-0.4, -0.2) is 48.4 Å². The maximum atomic E-state index is 12.7. The van der Waals surface area contributed by atoms with Gasteiger partial charge in [-0.1, -0.05) is 0 Å². The zero-order valence-electron chi connectivity index (χ0n) is 12.1. The fourth-order valence-electron chi connectivity index (χ4n) is 1.79. The van der Waals surface area contributed by atoms with Crippen molar-refractivity contribution in [2.24, 2.45) is 5.84 Å². The van der Waals surface area contributed by atoms with Gasteiger partial charge in [0.25, 0.3) is 10.0 Å². The SMILES string of the molecule is CC(C)OCCN(C)S(=O)(=O)c1c(NN)nc2sccn12. The van der Waals surface area contributed by atoms with Crippen molar-refractivity contribution in [2.75, 3.05) is 25.6 Å². The normalized spacial score (nSPS) is 12.7. The molecule has 2 heterocycles. The van der Waals surface area contributed by atoms with Crippen LogP contribution in [0.3, 0.4) is 0 Å². The summed E-state index contributed by atoms with van der Waals surface area (Å²) in [6, 6.07) is 0. The molecule has 21 heavy (non-hydrogen) atoms. The molecule has 2 aromatic rings. The highest BCUT2D eigenvalue weighted by atomic mass is 32.2. The van der Waals surface area contributed by atoms with E-state index in [0.29, 0.717) is 11.6 Å². The molecular weight excluding hydrogens is 314 g/mol. The number of rotatable bonds is 7. The molecule has 0 saturated carbocycles. The molecule has 8 nitrogen and oxygen atoms in total. The zero-order valence-corrected chi connectivity index (χ0v) is 13.7. The van der Waals surface area contributed by atoms with Gasteiger partial charge < -0.3 is 10.2 Å². The lowest BCUT2D eigenvalue weighted by molar-refractivity contribution is 0.0737. The Kier molecular flexibility index (Phi) is 4.84. The van der Waals surface area contributed by atoms with Crippen LogP contribution in [-0.2, 0) is 14.8 Å². The molecule has 0 atom stereocenters. The number of hydrogen-bond donors (Lipinski definition) is 2. The predicted molar refractivity (Wildman–Crippen MR) is 81.8 cm³/mol. The Morgan fingerprint density at radius 3 is 2.90 bits per heavy atom. The van der Waals surface area contributed by atoms with Gasteiger partial charge in [-0.2, -0.15) is 9.29 Å². The summed E-state index contributed by atoms with van der Waals surface area (Å²) in [6.07, 6.45) is 1.71. The van der Waals surface area contributed by atoms with E-state index in [1.807, 2.05) is 13.8 Å². The van der Waals surface area contributed by atoms with Gasteiger partial charge in [0.05, 0.1) is 12.7 Å². The van der Waals surface area contributed by atoms with Gasteiger partial charge in [0, 0.05) is 25.2 Å². The molecule has 0 bridgehead atoms. The summed E-state index contributed by atoms with van der Waals surface area (Å²) in [5, 5.41) is 1.80. The molecule has 0 radical (unpaired) electrons. The van der Waals surface area contributed by atoms with Crippen molar-refractivity contribution in [3.63, 3.8) is 0 Å². The van der Waals surface area contributed by atoms with Crippen LogP contribution in [0.2, 0.25) is 0 Å². The van der Waals surface area contributed by atoms with Crippen LogP contribution in [0.25, 0.3) is 4.96 Å². The molecule has 2 aromatic heterocycles. The van der Waals surface area contributed by atoms with Gasteiger partial charge in [0.15, 0.2) is 10.8 Å². The number of ether oxygens (including phenoxy) is 1. The molecule has 0 saturated heterocycles. The third-order valence-corrected chi connectivity index (χ3v) is 5.51. The molecule has 0 aromatic carbocycles. The minimum Gasteiger partial charge on any atom is -0.377 e. The van der Waals surface area contributed by atoms with Crippen LogP contribution >= 0.6 is 11.3 Å². The van der Waals surface area contributed by atoms with E-state index >= 15 is 0 Å². The minimum absolute atomic E-state index is 0.0355. The Hall–Kier alpha value is -1.20. The summed E-state index contributed by atoms with van der Waals surface area (Å²) in [4.78, 5) is 4.72. The highest BCUT2D eigenvalue weighted by Crippen LogP contribution is 2.27. The molecule has 0 fully saturated rings. The molecule has 0 aliphatic heterocycles. The summed E-state index contributed by atoms with van der Waals surface area (Å²) in [5.74, 6) is 5.52. The number of sulfonamides is 1. The van der Waals surface area contributed by atoms with Crippen molar-refractivity contribution in [3.05, 3.63) is 11.6 Å². The predicted octanol–water partition coefficient (Wildman–Crippen LogP) is 0.727. The lowest BCUT2D eigenvalue weighted by atomic mass is 10.5. The second kappa shape index (κ2) is 6.28. The Morgan fingerprint density at radius 1 is 1.57 bits per heavy atom. The fraction of sp³-hybridized carbons (Fsp3) is 0.545. The second-order valence-corrected chi connectivity index (χ2v) is 7.54. The zero-order chi connectivity index (χ0) is 15.6. The van der Waals surface area contributed by atoms with E-state index in [2.05, 4.69) is 10.4 Å². The molecule has 0 aliphatic rings. The van der Waals surface area contributed by atoms with Gasteiger partial charge in [0.2, 0.25) is 5.03 Å². The minimum atomic E-state index is -3.71. The first-order valence-corrected chi connectivity index (χ1v) is 8.70. The molecule has 10 heteroatoms. The van der Waals surface area contributed by atoms with Crippen molar-refractivity contribution >= 4 is 32.1 Å². The molecule has 0 aliphatic carbocycles. The van der Waals surface area contributed by atoms with Crippen LogP contribution in [0.15, 0.2) is 16.6 Å². The van der Waals surface area contributed by atoms with E-state index in [1.165, 1.54) is 27.1 Å². The van der Waals surface area contributed by atoms with Crippen LogP contribution < -0.4 is 11.3 Å². The maximum Gasteiger partial charge on any atom is 0.262 e. The first-order chi connectivity index (χ1) is 9.87. The average Bonchev–Trinajstić information content (AvgIpc) is 2.96. The molecule has 3 N–H and O–H groups in total. The summed E-state index contributed by atoms with van der Waals surface area (Å²) >= 11 is 1.34. The van der Waals surface area contributed by atoms with Crippen LogP contribution in [0.1, 0.15) is 13.8 Å². The van der Waals surface area contributed by atoms with Crippen LogP contribution in [0.5, 0.6) is 0 Å². The van der Waals surface area contributed by atoms with Crippen molar-refractivity contribution in [3.8, 4) is 0 Å². The lowest BCUT2D eigenvalue weighted by Gasteiger charge is -2.18. The molecule has 0 unspecified atom stereocenters. The van der Waals surface area contributed by atoms with E-state index < -0.39 is 10.0 Å². The number of likely N-dealkylation sites (N-methyl/N-ethyl adjacent to an activating group) is 1. The summed E-state index contributed by atoms with van der Waals surface area (Å²) in [5.41, 5.74) is 2.34. The smallest absolute Gasteiger partial charge is 0.262 e. The third-order valence-electron chi connectivity index (χ3n) is 2.87. The topological polar surface area (TPSA) is 102 Å². The van der Waals surface area contributed by atoms with Crippen LogP contribution in [0, 0.1) is 0 Å². The van der Waals surface area contributed by atoms with E-state index in [-0.39, 0.29) is 23.5 Å². The second-order valence-electron chi connectivity index (χ2n) is 4.71. The largest absolute Gasteiger partial charge is 0.377 e. The molecule has 0 spiro atoms. The summed E-state index contributed by atoms with van der Waals surface area (Å²) < 4.78 is 33.5. The van der Waals surface area contributed by atoms with Gasteiger partial charge in [-0.05, 0) is 13.8 Å². The number of nitrogen functional groups attached to an aromatic ring is 1. The quantitative estimate of drug-likeness (QED) is 0.572. The first kappa shape index (κ1) is 16.2. The number of hydrogen-bond acceptors (Lipinski definition) is 7. The van der Waals surface area contributed by atoms with E-state index in [0.717, 1.165) is 0 Å². The Bertz CT molecular complexity index is 707. The molecular formula is C11H19N5O3S2. The van der Waals surface area contributed by atoms with Gasteiger partial charge in [-0.15, -0.1) is 11.3 Å². The van der Waals surface area contributed by atoms with Crippen molar-refractivity contribution in [2.45, 2.75) is 25.0 Å². The highest BCUT2D eigenvalue weighted by Gasteiger charge is 2.29. The Morgan fingerprint density at radius 2 is 2.29 bits per heavy atom. The van der Waals surface area contributed by atoms with E-state index in [4.69, 9.17) is 10.6 Å². The molecule has 118 valence electrons. The van der Waals surface area contributed by atoms with Gasteiger partial charge in [0.1, 0.15) is 0 Å². The monoisotopic (exact) mass is 333 g/mol. The third kappa shape index (κ3) is 3.19. The number of anilines is 1. The van der Waals surface area contributed by atoms with Gasteiger partial charge >= 0.3 is 0 Å². The first-order valence-electron chi connectivity index (χ1n) is 6.38. The number of imidazole rings is 1. The van der Waals surface area contributed by atoms with E-state index in [9.17, 15) is 8.42 Å². The maximum absolute atomic E-state index is 12.7. The summed E-state index contributed by atoms with van der Waals surface area (Å²) in [7, 11) is -2.21. The molecule has 0 amide bonds. The lowest BCUT2D eigenvalue weighted by Crippen LogP contribution is -2.32. The van der Waals surface area contributed by atoms with Crippen LogP contribution in [0.4, 0.5) is 5.82 Å². The van der Waals surface area contributed by atoms with E-state index in [1.54, 1.807) is 11.6 Å². The fourth-order valence-corrected chi connectivity index (χ4v) is 3.92. The average molecular weight is 333 g/mol. The van der Waals surface area contributed by atoms with Crippen molar-refractivity contribution in [1.29, 1.82) is 0 Å². The van der Waals surface area contributed by atoms with Gasteiger partial charge in [-0.3, -0.25) is 4.40 Å². The Labute approximate surface area is 127 Å². The standard InChI is InChI=1S/C11H19N5O3S2/c1-8(2)19-6-4-15(3)21(17,18)10-9(14-12)13-11-16(10)5-7-20-11/h5,7-8,14H,4,6,12H2,1-3H3. The van der Waals surface area contributed by atoms with Crippen molar-refractivity contribution < 1.29 is 13.2 Å².